The van der Waals surface area contributed by atoms with Crippen LogP contribution in [-0.2, 0) is 0 Å². The van der Waals surface area contributed by atoms with Crippen LogP contribution in [0, 0.1) is 0 Å². The maximum absolute atomic E-state index is 6.06. The summed E-state index contributed by atoms with van der Waals surface area (Å²) in [6, 6.07) is 12.8. The molecule has 0 unspecified atom stereocenters. The zero-order valence-electron chi connectivity index (χ0n) is 8.18. The second kappa shape index (κ2) is 4.96. The highest BCUT2D eigenvalue weighted by Crippen LogP contribution is 2.32. The summed E-state index contributed by atoms with van der Waals surface area (Å²) in [5.74, 6) is 0. The molecule has 0 fully saturated rings. The zero-order chi connectivity index (χ0) is 11.5. The number of hydrogen-bond acceptors (Lipinski definition) is 1. The van der Waals surface area contributed by atoms with Crippen LogP contribution in [0.5, 0.6) is 0 Å². The lowest BCUT2D eigenvalue weighted by Crippen LogP contribution is -1.90. The molecule has 16 heavy (non-hydrogen) atoms. The minimum atomic E-state index is 0.504. The first kappa shape index (κ1) is 11.6. The molecule has 0 heterocycles. The molecule has 0 radical (unpaired) electrons. The van der Waals surface area contributed by atoms with E-state index in [9.17, 15) is 0 Å². The molecule has 2 rings (SSSR count). The van der Waals surface area contributed by atoms with E-state index in [-0.39, 0.29) is 0 Å². The minimum Gasteiger partial charge on any atom is -0.354 e. The van der Waals surface area contributed by atoms with Gasteiger partial charge in [0.1, 0.15) is 0 Å². The third-order valence-corrected chi connectivity index (χ3v) is 3.11. The fourth-order valence-corrected chi connectivity index (χ4v) is 1.86. The van der Waals surface area contributed by atoms with Gasteiger partial charge in [-0.1, -0.05) is 46.9 Å². The van der Waals surface area contributed by atoms with Crippen LogP contribution in [-0.4, -0.2) is 0 Å². The van der Waals surface area contributed by atoms with Gasteiger partial charge in [-0.25, -0.2) is 0 Å². The molecule has 1 N–H and O–H groups in total. The number of rotatable bonds is 2. The summed E-state index contributed by atoms with van der Waals surface area (Å²) in [7, 11) is 0. The summed E-state index contributed by atoms with van der Waals surface area (Å²) in [4.78, 5) is 0. The van der Waals surface area contributed by atoms with E-state index in [1.807, 2.05) is 36.4 Å². The average Bonchev–Trinajstić information content (AvgIpc) is 2.25. The van der Waals surface area contributed by atoms with Crippen LogP contribution in [0.1, 0.15) is 0 Å². The van der Waals surface area contributed by atoms with E-state index < -0.39 is 0 Å². The monoisotopic (exact) mass is 271 g/mol. The Hall–Kier alpha value is -0.890. The smallest absolute Gasteiger partial charge is 0.0827 e. The lowest BCUT2D eigenvalue weighted by molar-refractivity contribution is 1.55. The Labute approximate surface area is 109 Å². The van der Waals surface area contributed by atoms with E-state index in [4.69, 9.17) is 34.8 Å². The van der Waals surface area contributed by atoms with E-state index in [0.29, 0.717) is 15.1 Å². The van der Waals surface area contributed by atoms with E-state index in [1.54, 1.807) is 6.07 Å². The summed E-state index contributed by atoms with van der Waals surface area (Å²) in [6.07, 6.45) is 0. The third kappa shape index (κ3) is 2.62. The van der Waals surface area contributed by atoms with Gasteiger partial charge < -0.3 is 5.32 Å². The van der Waals surface area contributed by atoms with Crippen LogP contribution < -0.4 is 5.32 Å². The lowest BCUT2D eigenvalue weighted by Gasteiger charge is -2.09. The highest BCUT2D eigenvalue weighted by molar-refractivity contribution is 6.43. The van der Waals surface area contributed by atoms with Crippen molar-refractivity contribution in [2.24, 2.45) is 0 Å². The van der Waals surface area contributed by atoms with Gasteiger partial charge in [-0.2, -0.15) is 0 Å². The third-order valence-electron chi connectivity index (χ3n) is 2.06. The molecule has 0 aliphatic heterocycles. The Kier molecular flexibility index (Phi) is 3.59. The van der Waals surface area contributed by atoms with Crippen LogP contribution in [0.4, 0.5) is 11.4 Å². The van der Waals surface area contributed by atoms with Crippen molar-refractivity contribution in [2.45, 2.75) is 0 Å². The van der Waals surface area contributed by atoms with Crippen molar-refractivity contribution in [3.8, 4) is 0 Å². The van der Waals surface area contributed by atoms with Gasteiger partial charge in [0.25, 0.3) is 0 Å². The number of benzene rings is 2. The minimum absolute atomic E-state index is 0.504. The Morgan fingerprint density at radius 1 is 0.875 bits per heavy atom. The summed E-state index contributed by atoms with van der Waals surface area (Å²) in [5, 5.41) is 4.85. The van der Waals surface area contributed by atoms with E-state index in [0.717, 1.165) is 11.4 Å². The van der Waals surface area contributed by atoms with Crippen LogP contribution in [0.3, 0.4) is 0 Å². The molecule has 0 aliphatic carbocycles. The molecule has 2 aromatic carbocycles. The number of halogens is 3. The molecule has 0 atom stereocenters. The van der Waals surface area contributed by atoms with Crippen molar-refractivity contribution in [1.82, 2.24) is 0 Å². The normalized spacial score (nSPS) is 10.2. The highest BCUT2D eigenvalue weighted by atomic mass is 35.5. The van der Waals surface area contributed by atoms with Gasteiger partial charge in [-0.05, 0) is 30.3 Å². The van der Waals surface area contributed by atoms with Crippen LogP contribution in [0.15, 0.2) is 42.5 Å². The van der Waals surface area contributed by atoms with Crippen LogP contribution in [0.25, 0.3) is 0 Å². The summed E-state index contributed by atoms with van der Waals surface area (Å²) >= 11 is 17.9. The quantitative estimate of drug-likeness (QED) is 0.773. The Balaban J connectivity index is 2.31. The molecule has 0 saturated heterocycles. The van der Waals surface area contributed by atoms with Gasteiger partial charge in [0, 0.05) is 10.7 Å². The molecule has 0 aliphatic rings. The predicted molar refractivity (Wildman–Crippen MR) is 71.2 cm³/mol. The molecule has 4 heteroatoms. The van der Waals surface area contributed by atoms with E-state index in [2.05, 4.69) is 5.32 Å². The topological polar surface area (TPSA) is 12.0 Å². The molecule has 0 spiro atoms. The maximum Gasteiger partial charge on any atom is 0.0827 e. The maximum atomic E-state index is 6.06. The van der Waals surface area contributed by atoms with Crippen molar-refractivity contribution >= 4 is 46.2 Å². The van der Waals surface area contributed by atoms with Gasteiger partial charge in [0.05, 0.1) is 15.7 Å². The van der Waals surface area contributed by atoms with E-state index >= 15 is 0 Å². The molecule has 1 nitrogen and oxygen atoms in total. The van der Waals surface area contributed by atoms with Crippen molar-refractivity contribution in [3.05, 3.63) is 57.5 Å². The predicted octanol–water partition coefficient (Wildman–Crippen LogP) is 5.39. The first-order chi connectivity index (χ1) is 7.66. The van der Waals surface area contributed by atoms with Gasteiger partial charge >= 0.3 is 0 Å². The summed E-state index contributed by atoms with van der Waals surface area (Å²) in [6.45, 7) is 0. The fourth-order valence-electron chi connectivity index (χ4n) is 1.32. The Morgan fingerprint density at radius 3 is 2.38 bits per heavy atom. The van der Waals surface area contributed by atoms with Gasteiger partial charge in [0.2, 0.25) is 0 Å². The molecular formula is C12H8Cl3N. The summed E-state index contributed by atoms with van der Waals surface area (Å²) in [5.41, 5.74) is 1.63. The molecule has 2 aromatic rings. The van der Waals surface area contributed by atoms with E-state index in [1.165, 1.54) is 0 Å². The average molecular weight is 273 g/mol. The molecule has 0 bridgehead atoms. The van der Waals surface area contributed by atoms with Crippen molar-refractivity contribution in [3.63, 3.8) is 0 Å². The Bertz CT molecular complexity index is 511. The highest BCUT2D eigenvalue weighted by Gasteiger charge is 2.04. The number of nitrogens with one attached hydrogen (secondary N) is 1. The van der Waals surface area contributed by atoms with Crippen LogP contribution >= 0.6 is 34.8 Å². The standard InChI is InChI=1S/C12H8Cl3N/c13-8-3-1-4-9(7-8)16-11-6-2-5-10(14)12(11)15/h1-7,16H. The van der Waals surface area contributed by atoms with Crippen molar-refractivity contribution in [2.75, 3.05) is 5.32 Å². The molecule has 82 valence electrons. The van der Waals surface area contributed by atoms with Crippen molar-refractivity contribution in [1.29, 1.82) is 0 Å². The second-order valence-corrected chi connectivity index (χ2v) is 4.46. The van der Waals surface area contributed by atoms with Gasteiger partial charge in [-0.3, -0.25) is 0 Å². The molecular weight excluding hydrogens is 264 g/mol. The zero-order valence-corrected chi connectivity index (χ0v) is 10.4. The molecule has 0 amide bonds. The fraction of sp³-hybridized carbons (Fsp3) is 0. The first-order valence-electron chi connectivity index (χ1n) is 4.63. The summed E-state index contributed by atoms with van der Waals surface area (Å²) < 4.78 is 0. The van der Waals surface area contributed by atoms with Gasteiger partial charge in [0.15, 0.2) is 0 Å². The first-order valence-corrected chi connectivity index (χ1v) is 5.77. The molecule has 0 saturated carbocycles. The molecule has 0 aromatic heterocycles. The second-order valence-electron chi connectivity index (χ2n) is 3.24. The number of anilines is 2. The van der Waals surface area contributed by atoms with Crippen molar-refractivity contribution < 1.29 is 0 Å². The lowest BCUT2D eigenvalue weighted by atomic mass is 10.2. The number of hydrogen-bond donors (Lipinski definition) is 1. The Morgan fingerprint density at radius 2 is 1.62 bits per heavy atom. The van der Waals surface area contributed by atoms with Crippen LogP contribution in [0.2, 0.25) is 15.1 Å². The van der Waals surface area contributed by atoms with Gasteiger partial charge in [-0.15, -0.1) is 0 Å². The largest absolute Gasteiger partial charge is 0.354 e. The SMILES string of the molecule is Clc1cccc(Nc2cccc(Cl)c2Cl)c1.